The van der Waals surface area contributed by atoms with Gasteiger partial charge in [0.1, 0.15) is 10.7 Å². The fraction of sp³-hybridized carbons (Fsp3) is 0.200. The van der Waals surface area contributed by atoms with Crippen molar-refractivity contribution in [1.29, 1.82) is 0 Å². The third-order valence-corrected chi connectivity index (χ3v) is 4.92. The van der Waals surface area contributed by atoms with Crippen molar-refractivity contribution >= 4 is 23.1 Å². The van der Waals surface area contributed by atoms with E-state index in [-0.39, 0.29) is 0 Å². The number of thiazole rings is 1. The molecule has 21 heavy (non-hydrogen) atoms. The number of nitrogens with zero attached hydrogens (tertiary/aromatic N) is 4. The van der Waals surface area contributed by atoms with Crippen LogP contribution in [0.3, 0.4) is 0 Å². The average molecular weight is 314 g/mol. The van der Waals surface area contributed by atoms with E-state index in [0.29, 0.717) is 0 Å². The first-order chi connectivity index (χ1) is 10.2. The second-order valence-corrected chi connectivity index (χ2v) is 6.71. The van der Waals surface area contributed by atoms with Crippen LogP contribution in [0.15, 0.2) is 41.6 Å². The van der Waals surface area contributed by atoms with Gasteiger partial charge in [0.25, 0.3) is 0 Å². The van der Waals surface area contributed by atoms with Crippen LogP contribution >= 0.6 is 23.1 Å². The summed E-state index contributed by atoms with van der Waals surface area (Å²) in [6.45, 7) is 4.01. The van der Waals surface area contributed by atoms with Gasteiger partial charge in [0.15, 0.2) is 0 Å². The van der Waals surface area contributed by atoms with Gasteiger partial charge in [0.2, 0.25) is 0 Å². The molecule has 0 saturated heterocycles. The Hall–Kier alpha value is -1.79. The predicted molar refractivity (Wildman–Crippen MR) is 86.4 cm³/mol. The van der Waals surface area contributed by atoms with Gasteiger partial charge in [-0.1, -0.05) is 17.8 Å². The molecular formula is C15H14N4S2. The molecule has 0 spiro atoms. The molecule has 3 aromatic rings. The van der Waals surface area contributed by atoms with Crippen molar-refractivity contribution in [3.63, 3.8) is 0 Å². The Morgan fingerprint density at radius 1 is 1.10 bits per heavy atom. The zero-order valence-corrected chi connectivity index (χ0v) is 13.4. The zero-order valence-electron chi connectivity index (χ0n) is 11.8. The zero-order chi connectivity index (χ0) is 14.7. The highest BCUT2D eigenvalue weighted by Gasteiger charge is 2.09. The maximum absolute atomic E-state index is 4.42. The number of aromatic nitrogens is 4. The van der Waals surface area contributed by atoms with E-state index < -0.39 is 0 Å². The average Bonchev–Trinajstić information content (AvgIpc) is 2.85. The maximum Gasteiger partial charge on any atom is 0.119 e. The molecule has 0 fully saturated rings. The van der Waals surface area contributed by atoms with Crippen LogP contribution in [0.2, 0.25) is 0 Å². The summed E-state index contributed by atoms with van der Waals surface area (Å²) in [7, 11) is 0. The summed E-state index contributed by atoms with van der Waals surface area (Å²) >= 11 is 3.29. The smallest absolute Gasteiger partial charge is 0.119 e. The summed E-state index contributed by atoms with van der Waals surface area (Å²) in [6, 6.07) is 9.94. The first-order valence-corrected chi connectivity index (χ1v) is 8.33. The Morgan fingerprint density at radius 2 is 2.00 bits per heavy atom. The van der Waals surface area contributed by atoms with E-state index >= 15 is 0 Å². The van der Waals surface area contributed by atoms with Crippen molar-refractivity contribution < 1.29 is 0 Å². The van der Waals surface area contributed by atoms with E-state index in [1.807, 2.05) is 44.2 Å². The standard InChI is InChI=1S/C15H14N4S2/c1-10-15(21-11(2)17-10)13-6-7-14(19-18-13)20-9-12-5-3-4-8-16-12/h3-8H,9H2,1-2H3. The van der Waals surface area contributed by atoms with E-state index in [4.69, 9.17) is 0 Å². The van der Waals surface area contributed by atoms with Crippen LogP contribution < -0.4 is 0 Å². The minimum absolute atomic E-state index is 0.799. The minimum atomic E-state index is 0.799. The van der Waals surface area contributed by atoms with Gasteiger partial charge in [-0.2, -0.15) is 0 Å². The molecule has 0 aromatic carbocycles. The van der Waals surface area contributed by atoms with Gasteiger partial charge in [0.05, 0.1) is 21.3 Å². The molecule has 0 aliphatic rings. The Morgan fingerprint density at radius 3 is 2.62 bits per heavy atom. The van der Waals surface area contributed by atoms with E-state index in [2.05, 4.69) is 20.2 Å². The van der Waals surface area contributed by atoms with E-state index in [1.54, 1.807) is 29.3 Å². The van der Waals surface area contributed by atoms with Gasteiger partial charge in [-0.05, 0) is 38.1 Å². The van der Waals surface area contributed by atoms with Crippen molar-refractivity contribution in [3.05, 3.63) is 52.9 Å². The molecular weight excluding hydrogens is 300 g/mol. The van der Waals surface area contributed by atoms with Crippen LogP contribution in [0.5, 0.6) is 0 Å². The highest BCUT2D eigenvalue weighted by Crippen LogP contribution is 2.28. The summed E-state index contributed by atoms with van der Waals surface area (Å²) in [4.78, 5) is 9.82. The van der Waals surface area contributed by atoms with Crippen molar-refractivity contribution in [3.8, 4) is 10.6 Å². The fourth-order valence-corrected chi connectivity index (χ4v) is 3.53. The number of hydrogen-bond acceptors (Lipinski definition) is 6. The number of hydrogen-bond donors (Lipinski definition) is 0. The topological polar surface area (TPSA) is 51.6 Å². The lowest BCUT2D eigenvalue weighted by atomic mass is 10.3. The number of rotatable bonds is 4. The maximum atomic E-state index is 4.42. The summed E-state index contributed by atoms with van der Waals surface area (Å²) in [5.41, 5.74) is 2.95. The Balaban J connectivity index is 1.71. The van der Waals surface area contributed by atoms with Gasteiger partial charge in [0, 0.05) is 11.9 Å². The van der Waals surface area contributed by atoms with Crippen molar-refractivity contribution in [2.75, 3.05) is 0 Å². The summed E-state index contributed by atoms with van der Waals surface area (Å²) in [5, 5.41) is 10.6. The van der Waals surface area contributed by atoms with Crippen LogP contribution in [0.25, 0.3) is 10.6 Å². The monoisotopic (exact) mass is 314 g/mol. The third kappa shape index (κ3) is 3.46. The lowest BCUT2D eigenvalue weighted by molar-refractivity contribution is 0.935. The summed E-state index contributed by atoms with van der Waals surface area (Å²) in [5.74, 6) is 0.799. The number of thioether (sulfide) groups is 1. The van der Waals surface area contributed by atoms with Gasteiger partial charge >= 0.3 is 0 Å². The lowest BCUT2D eigenvalue weighted by Gasteiger charge is -2.01. The fourth-order valence-electron chi connectivity index (χ4n) is 1.92. The van der Waals surface area contributed by atoms with Crippen molar-refractivity contribution in [1.82, 2.24) is 20.2 Å². The summed E-state index contributed by atoms with van der Waals surface area (Å²) < 4.78 is 0. The van der Waals surface area contributed by atoms with Gasteiger partial charge in [-0.3, -0.25) is 4.98 Å². The molecule has 3 aromatic heterocycles. The Labute approximate surface area is 131 Å². The molecule has 0 atom stereocenters. The molecule has 0 amide bonds. The molecule has 0 N–H and O–H groups in total. The van der Waals surface area contributed by atoms with Crippen LogP contribution in [0.4, 0.5) is 0 Å². The number of aryl methyl sites for hydroxylation is 2. The van der Waals surface area contributed by atoms with Gasteiger partial charge < -0.3 is 0 Å². The van der Waals surface area contributed by atoms with E-state index in [1.165, 1.54) is 0 Å². The van der Waals surface area contributed by atoms with Crippen LogP contribution in [-0.4, -0.2) is 20.2 Å². The highest BCUT2D eigenvalue weighted by atomic mass is 32.2. The second-order valence-electron chi connectivity index (χ2n) is 4.51. The van der Waals surface area contributed by atoms with E-state index in [9.17, 15) is 0 Å². The molecule has 106 valence electrons. The Kier molecular flexibility index (Phi) is 4.26. The molecule has 0 radical (unpaired) electrons. The lowest BCUT2D eigenvalue weighted by Crippen LogP contribution is -1.91. The van der Waals surface area contributed by atoms with Gasteiger partial charge in [-0.15, -0.1) is 21.5 Å². The molecule has 6 heteroatoms. The van der Waals surface area contributed by atoms with Crippen LogP contribution in [0, 0.1) is 13.8 Å². The van der Waals surface area contributed by atoms with Gasteiger partial charge in [-0.25, -0.2) is 4.98 Å². The predicted octanol–water partition coefficient (Wildman–Crippen LogP) is 3.90. The molecule has 0 saturated carbocycles. The largest absolute Gasteiger partial charge is 0.260 e. The van der Waals surface area contributed by atoms with Crippen LogP contribution in [-0.2, 0) is 5.75 Å². The molecule has 3 rings (SSSR count). The van der Waals surface area contributed by atoms with E-state index in [0.717, 1.165) is 37.7 Å². The van der Waals surface area contributed by atoms with Crippen LogP contribution in [0.1, 0.15) is 16.4 Å². The third-order valence-electron chi connectivity index (χ3n) is 2.87. The highest BCUT2D eigenvalue weighted by molar-refractivity contribution is 7.98. The van der Waals surface area contributed by atoms with Crippen molar-refractivity contribution in [2.45, 2.75) is 24.6 Å². The van der Waals surface area contributed by atoms with Crippen molar-refractivity contribution in [2.24, 2.45) is 0 Å². The molecule has 0 aliphatic heterocycles. The second kappa shape index (κ2) is 6.32. The first kappa shape index (κ1) is 14.2. The quantitative estimate of drug-likeness (QED) is 0.684. The molecule has 0 unspecified atom stereocenters. The normalized spacial score (nSPS) is 10.8. The number of pyridine rings is 1. The first-order valence-electron chi connectivity index (χ1n) is 6.53. The minimum Gasteiger partial charge on any atom is -0.260 e. The molecule has 3 heterocycles. The Bertz CT molecular complexity index is 723. The molecule has 4 nitrogen and oxygen atoms in total. The SMILES string of the molecule is Cc1nc(C)c(-c2ccc(SCc3ccccn3)nn2)s1. The molecule has 0 aliphatic carbocycles. The summed E-state index contributed by atoms with van der Waals surface area (Å²) in [6.07, 6.45) is 1.81. The molecule has 0 bridgehead atoms.